The molecule has 0 saturated heterocycles. The van der Waals surface area contributed by atoms with E-state index in [-0.39, 0.29) is 16.9 Å². The Labute approximate surface area is 159 Å². The van der Waals surface area contributed by atoms with Crippen molar-refractivity contribution in [2.24, 2.45) is 0 Å². The van der Waals surface area contributed by atoms with E-state index in [1.54, 1.807) is 12.1 Å². The van der Waals surface area contributed by atoms with Crippen molar-refractivity contribution in [3.8, 4) is 5.75 Å². The highest BCUT2D eigenvalue weighted by Gasteiger charge is 2.36. The number of carbonyl (C=O) groups is 4. The molecule has 1 atom stereocenters. The van der Waals surface area contributed by atoms with Crippen molar-refractivity contribution in [3.05, 3.63) is 65.5 Å². The molecule has 2 aromatic carbocycles. The van der Waals surface area contributed by atoms with Crippen molar-refractivity contribution in [2.75, 3.05) is 6.54 Å². The molecule has 0 radical (unpaired) electrons. The standard InChI is InChI=1S/C19H16FN3O5/c1-11(28-13-8-6-12(20)7-9-13)17(25)22-21-16(24)10-23-18(26)14-4-2-3-5-15(14)19(23)27/h2-9,11H,10H2,1H3,(H,21,24)(H,22,25). The van der Waals surface area contributed by atoms with Crippen molar-refractivity contribution in [3.63, 3.8) is 0 Å². The van der Waals surface area contributed by atoms with Crippen LogP contribution in [0.25, 0.3) is 0 Å². The number of nitrogens with one attached hydrogen (secondary N) is 2. The van der Waals surface area contributed by atoms with Crippen LogP contribution < -0.4 is 15.6 Å². The summed E-state index contributed by atoms with van der Waals surface area (Å²) in [7, 11) is 0. The molecule has 0 bridgehead atoms. The molecule has 2 N–H and O–H groups in total. The molecule has 28 heavy (non-hydrogen) atoms. The summed E-state index contributed by atoms with van der Waals surface area (Å²) in [6, 6.07) is 11.3. The molecule has 0 saturated carbocycles. The van der Waals surface area contributed by atoms with Crippen LogP contribution in [0.1, 0.15) is 27.6 Å². The van der Waals surface area contributed by atoms with Crippen LogP contribution >= 0.6 is 0 Å². The van der Waals surface area contributed by atoms with Gasteiger partial charge in [-0.05, 0) is 43.3 Å². The summed E-state index contributed by atoms with van der Waals surface area (Å²) < 4.78 is 18.2. The van der Waals surface area contributed by atoms with E-state index in [2.05, 4.69) is 10.9 Å². The van der Waals surface area contributed by atoms with Gasteiger partial charge < -0.3 is 4.74 Å². The summed E-state index contributed by atoms with van der Waals surface area (Å²) in [6.45, 7) is 0.898. The average Bonchev–Trinajstić information content (AvgIpc) is 2.93. The highest BCUT2D eigenvalue weighted by Crippen LogP contribution is 2.21. The van der Waals surface area contributed by atoms with Gasteiger partial charge in [-0.3, -0.25) is 34.9 Å². The molecule has 9 heteroatoms. The minimum Gasteiger partial charge on any atom is -0.481 e. The fourth-order valence-electron chi connectivity index (χ4n) is 2.57. The Hall–Kier alpha value is -3.75. The predicted octanol–water partition coefficient (Wildman–Crippen LogP) is 1.04. The molecule has 0 aliphatic carbocycles. The van der Waals surface area contributed by atoms with Crippen molar-refractivity contribution in [2.45, 2.75) is 13.0 Å². The largest absolute Gasteiger partial charge is 0.481 e. The molecule has 4 amide bonds. The van der Waals surface area contributed by atoms with Crippen molar-refractivity contribution >= 4 is 23.6 Å². The lowest BCUT2D eigenvalue weighted by molar-refractivity contribution is -0.132. The number of hydrazine groups is 1. The Morgan fingerprint density at radius 3 is 2.14 bits per heavy atom. The Morgan fingerprint density at radius 1 is 1.00 bits per heavy atom. The summed E-state index contributed by atoms with van der Waals surface area (Å²) in [4.78, 5) is 49.2. The maximum Gasteiger partial charge on any atom is 0.279 e. The summed E-state index contributed by atoms with van der Waals surface area (Å²) in [5.41, 5.74) is 4.74. The van der Waals surface area contributed by atoms with Gasteiger partial charge in [0.1, 0.15) is 18.1 Å². The van der Waals surface area contributed by atoms with Crippen LogP contribution in [-0.2, 0) is 9.59 Å². The number of amides is 4. The molecule has 144 valence electrons. The van der Waals surface area contributed by atoms with Gasteiger partial charge in [0.05, 0.1) is 11.1 Å². The molecule has 0 fully saturated rings. The Morgan fingerprint density at radius 2 is 1.57 bits per heavy atom. The number of ether oxygens (including phenoxy) is 1. The Balaban J connectivity index is 1.50. The Kier molecular flexibility index (Phi) is 5.35. The minimum atomic E-state index is -0.981. The van der Waals surface area contributed by atoms with E-state index in [9.17, 15) is 23.6 Å². The first-order valence-electron chi connectivity index (χ1n) is 8.33. The van der Waals surface area contributed by atoms with Crippen molar-refractivity contribution in [1.82, 2.24) is 15.8 Å². The second-order valence-corrected chi connectivity index (χ2v) is 5.99. The zero-order valence-electron chi connectivity index (χ0n) is 14.8. The zero-order valence-corrected chi connectivity index (χ0v) is 14.8. The van der Waals surface area contributed by atoms with E-state index in [1.807, 2.05) is 0 Å². The third-order valence-electron chi connectivity index (χ3n) is 4.00. The number of benzene rings is 2. The second kappa shape index (κ2) is 7.87. The van der Waals surface area contributed by atoms with Gasteiger partial charge >= 0.3 is 0 Å². The molecule has 1 aliphatic heterocycles. The summed E-state index contributed by atoms with van der Waals surface area (Å²) in [5.74, 6) is -2.73. The summed E-state index contributed by atoms with van der Waals surface area (Å²) in [6.07, 6.45) is -0.981. The zero-order chi connectivity index (χ0) is 20.3. The number of rotatable bonds is 5. The average molecular weight is 385 g/mol. The molecule has 0 spiro atoms. The molecule has 2 aromatic rings. The quantitative estimate of drug-likeness (QED) is 0.591. The second-order valence-electron chi connectivity index (χ2n) is 5.99. The third-order valence-corrected chi connectivity index (χ3v) is 4.00. The number of carbonyl (C=O) groups excluding carboxylic acids is 4. The van der Waals surface area contributed by atoms with Crippen LogP contribution in [0.4, 0.5) is 4.39 Å². The highest BCUT2D eigenvalue weighted by molar-refractivity contribution is 6.22. The van der Waals surface area contributed by atoms with Gasteiger partial charge in [-0.1, -0.05) is 12.1 Å². The summed E-state index contributed by atoms with van der Waals surface area (Å²) in [5, 5.41) is 0. The van der Waals surface area contributed by atoms with E-state index < -0.39 is 42.1 Å². The van der Waals surface area contributed by atoms with Crippen LogP contribution in [0.2, 0.25) is 0 Å². The van der Waals surface area contributed by atoms with Gasteiger partial charge in [0.2, 0.25) is 0 Å². The van der Waals surface area contributed by atoms with Crippen molar-refractivity contribution < 1.29 is 28.3 Å². The number of imide groups is 1. The molecule has 8 nitrogen and oxygen atoms in total. The predicted molar refractivity (Wildman–Crippen MR) is 94.6 cm³/mol. The van der Waals surface area contributed by atoms with Gasteiger partial charge in [-0.15, -0.1) is 0 Å². The monoisotopic (exact) mass is 385 g/mol. The van der Waals surface area contributed by atoms with Gasteiger partial charge in [0.15, 0.2) is 6.10 Å². The lowest BCUT2D eigenvalue weighted by Crippen LogP contribution is -2.50. The maximum atomic E-state index is 12.9. The van der Waals surface area contributed by atoms with E-state index in [1.165, 1.54) is 43.3 Å². The van der Waals surface area contributed by atoms with Crippen LogP contribution in [-0.4, -0.2) is 41.2 Å². The lowest BCUT2D eigenvalue weighted by atomic mass is 10.1. The van der Waals surface area contributed by atoms with Crippen LogP contribution in [0.3, 0.4) is 0 Å². The van der Waals surface area contributed by atoms with Gasteiger partial charge in [0, 0.05) is 0 Å². The highest BCUT2D eigenvalue weighted by atomic mass is 19.1. The van der Waals surface area contributed by atoms with Gasteiger partial charge in [-0.2, -0.15) is 0 Å². The molecule has 3 rings (SSSR count). The first-order valence-corrected chi connectivity index (χ1v) is 8.33. The fourth-order valence-corrected chi connectivity index (χ4v) is 2.57. The molecule has 1 aliphatic rings. The van der Waals surface area contributed by atoms with Gasteiger partial charge in [-0.25, -0.2) is 4.39 Å². The number of hydrogen-bond donors (Lipinski definition) is 2. The van der Waals surface area contributed by atoms with E-state index in [0.717, 1.165) is 4.90 Å². The van der Waals surface area contributed by atoms with Gasteiger partial charge in [0.25, 0.3) is 23.6 Å². The summed E-state index contributed by atoms with van der Waals surface area (Å²) >= 11 is 0. The van der Waals surface area contributed by atoms with Crippen LogP contribution in [0, 0.1) is 5.82 Å². The smallest absolute Gasteiger partial charge is 0.279 e. The third kappa shape index (κ3) is 3.98. The number of fused-ring (bicyclic) bond motifs is 1. The van der Waals surface area contributed by atoms with E-state index in [0.29, 0.717) is 0 Å². The molecule has 0 aromatic heterocycles. The molecule has 1 unspecified atom stereocenters. The topological polar surface area (TPSA) is 105 Å². The first-order chi connectivity index (χ1) is 13.4. The first kappa shape index (κ1) is 19.0. The molecular formula is C19H16FN3O5. The van der Waals surface area contributed by atoms with Crippen molar-refractivity contribution in [1.29, 1.82) is 0 Å². The number of hydrogen-bond acceptors (Lipinski definition) is 5. The molecule has 1 heterocycles. The lowest BCUT2D eigenvalue weighted by Gasteiger charge is -2.17. The number of halogens is 1. The SMILES string of the molecule is CC(Oc1ccc(F)cc1)C(=O)NNC(=O)CN1C(=O)c2ccccc2C1=O. The van der Waals surface area contributed by atoms with E-state index >= 15 is 0 Å². The van der Waals surface area contributed by atoms with E-state index in [4.69, 9.17) is 4.74 Å². The maximum absolute atomic E-state index is 12.9. The minimum absolute atomic E-state index is 0.227. The number of nitrogens with zero attached hydrogens (tertiary/aromatic N) is 1. The fraction of sp³-hybridized carbons (Fsp3) is 0.158. The van der Waals surface area contributed by atoms with Crippen LogP contribution in [0.15, 0.2) is 48.5 Å². The van der Waals surface area contributed by atoms with Crippen LogP contribution in [0.5, 0.6) is 5.75 Å². The Bertz CT molecular complexity index is 910. The normalized spacial score (nSPS) is 13.7. The molecular weight excluding hydrogens is 369 g/mol.